The number of likely N-dealkylation sites (tertiary alicyclic amines) is 1. The number of hydrogen-bond acceptors (Lipinski definition) is 7. The van der Waals surface area contributed by atoms with Crippen LogP contribution >= 0.6 is 11.8 Å². The largest absolute Gasteiger partial charge is 0.394 e. The number of fused-ring (bicyclic) bond motifs is 1. The number of benzene rings is 1. The fraction of sp³-hybridized carbons (Fsp3) is 0.690. The van der Waals surface area contributed by atoms with E-state index in [2.05, 4.69) is 36.3 Å². The van der Waals surface area contributed by atoms with Crippen LogP contribution in [0.2, 0.25) is 0 Å². The number of nitrogens with one attached hydrogen (secondary N) is 2. The second kappa shape index (κ2) is 11.4. The highest BCUT2D eigenvalue weighted by atomic mass is 32.2. The first-order valence-corrected chi connectivity index (χ1v) is 15.1. The Morgan fingerprint density at radius 3 is 2.54 bits per heavy atom. The van der Waals surface area contributed by atoms with Gasteiger partial charge < -0.3 is 25.4 Å². The van der Waals surface area contributed by atoms with Crippen molar-refractivity contribution < 1.29 is 24.2 Å². The van der Waals surface area contributed by atoms with Crippen LogP contribution in [0.4, 0.5) is 5.69 Å². The summed E-state index contributed by atoms with van der Waals surface area (Å²) in [5.41, 5.74) is 0.695. The molecule has 4 aliphatic rings. The quantitative estimate of drug-likeness (QED) is 0.403. The minimum Gasteiger partial charge on any atom is -0.394 e. The molecule has 6 atom stereocenters. The van der Waals surface area contributed by atoms with E-state index in [1.54, 1.807) is 16.7 Å². The molecule has 10 heteroatoms. The second-order valence-electron chi connectivity index (χ2n) is 12.0. The third-order valence-electron chi connectivity index (χ3n) is 8.97. The van der Waals surface area contributed by atoms with Gasteiger partial charge in [-0.3, -0.25) is 19.3 Å². The number of para-hydroxylation sites is 1. The monoisotopic (exact) mass is 558 g/mol. The number of hydrogen-bond donors (Lipinski definition) is 3. The van der Waals surface area contributed by atoms with Gasteiger partial charge in [-0.25, -0.2) is 0 Å². The number of nitrogens with zero attached hydrogens (tertiary/aromatic N) is 2. The second-order valence-corrected chi connectivity index (χ2v) is 13.9. The Labute approximate surface area is 235 Å². The van der Waals surface area contributed by atoms with Gasteiger partial charge in [0.15, 0.2) is 0 Å². The molecule has 5 rings (SSSR count). The van der Waals surface area contributed by atoms with E-state index in [4.69, 9.17) is 4.74 Å². The van der Waals surface area contributed by atoms with Crippen molar-refractivity contribution in [1.29, 1.82) is 0 Å². The minimum atomic E-state index is -0.725. The predicted molar refractivity (Wildman–Crippen MR) is 151 cm³/mol. The maximum Gasteiger partial charge on any atom is 0.244 e. The van der Waals surface area contributed by atoms with Crippen molar-refractivity contribution in [3.63, 3.8) is 0 Å². The van der Waals surface area contributed by atoms with Gasteiger partial charge in [0.1, 0.15) is 6.04 Å². The van der Waals surface area contributed by atoms with E-state index >= 15 is 0 Å². The first-order chi connectivity index (χ1) is 18.7. The Bertz CT molecular complexity index is 1070. The Morgan fingerprint density at radius 2 is 1.87 bits per heavy atom. The molecular weight excluding hydrogens is 516 g/mol. The Kier molecular flexibility index (Phi) is 8.29. The van der Waals surface area contributed by atoms with Crippen LogP contribution in [-0.2, 0) is 19.1 Å². The summed E-state index contributed by atoms with van der Waals surface area (Å²) in [7, 11) is 0. The first kappa shape index (κ1) is 28.4. The lowest BCUT2D eigenvalue weighted by Crippen LogP contribution is -2.57. The van der Waals surface area contributed by atoms with Crippen molar-refractivity contribution in [1.82, 2.24) is 15.1 Å². The average Bonchev–Trinajstić information content (AvgIpc) is 3.49. The van der Waals surface area contributed by atoms with Gasteiger partial charge in [-0.05, 0) is 44.2 Å². The van der Waals surface area contributed by atoms with Gasteiger partial charge in [-0.2, -0.15) is 0 Å². The fourth-order valence-corrected chi connectivity index (χ4v) is 9.62. The highest BCUT2D eigenvalue weighted by Gasteiger charge is 2.77. The van der Waals surface area contributed by atoms with Crippen molar-refractivity contribution in [2.45, 2.75) is 61.6 Å². The third-order valence-corrected chi connectivity index (χ3v) is 11.0. The van der Waals surface area contributed by atoms with Gasteiger partial charge >= 0.3 is 0 Å². The summed E-state index contributed by atoms with van der Waals surface area (Å²) in [5, 5.41) is 16.6. The molecule has 0 saturated carbocycles. The van der Waals surface area contributed by atoms with Crippen LogP contribution in [0.3, 0.4) is 0 Å². The van der Waals surface area contributed by atoms with Crippen molar-refractivity contribution in [2.24, 2.45) is 17.8 Å². The molecule has 1 spiro atoms. The number of aliphatic hydroxyl groups is 1. The molecule has 4 heterocycles. The lowest BCUT2D eigenvalue weighted by Gasteiger charge is -2.37. The zero-order chi connectivity index (χ0) is 27.8. The van der Waals surface area contributed by atoms with Crippen LogP contribution in [0.5, 0.6) is 0 Å². The summed E-state index contributed by atoms with van der Waals surface area (Å²) >= 11 is 1.66. The summed E-state index contributed by atoms with van der Waals surface area (Å²) in [5.74, 6) is -1.46. The number of amides is 3. The van der Waals surface area contributed by atoms with Crippen molar-refractivity contribution >= 4 is 35.2 Å². The molecule has 4 saturated heterocycles. The van der Waals surface area contributed by atoms with E-state index in [-0.39, 0.29) is 30.2 Å². The van der Waals surface area contributed by atoms with Crippen LogP contribution in [0.25, 0.3) is 0 Å². The topological polar surface area (TPSA) is 111 Å². The number of carbonyl (C=O) groups is 3. The van der Waals surface area contributed by atoms with Crippen molar-refractivity contribution in [2.75, 3.05) is 51.3 Å². The molecule has 2 unspecified atom stereocenters. The van der Waals surface area contributed by atoms with Gasteiger partial charge in [0.05, 0.1) is 42.4 Å². The van der Waals surface area contributed by atoms with Crippen LogP contribution in [0.1, 0.15) is 40.0 Å². The van der Waals surface area contributed by atoms with Gasteiger partial charge in [0, 0.05) is 36.6 Å². The summed E-state index contributed by atoms with van der Waals surface area (Å²) in [4.78, 5) is 46.0. The predicted octanol–water partition coefficient (Wildman–Crippen LogP) is 1.96. The van der Waals surface area contributed by atoms with Gasteiger partial charge in [-0.1, -0.05) is 32.0 Å². The molecule has 2 bridgehead atoms. The summed E-state index contributed by atoms with van der Waals surface area (Å²) in [6.07, 6.45) is 2.04. The van der Waals surface area contributed by atoms with Crippen LogP contribution < -0.4 is 10.6 Å². The smallest absolute Gasteiger partial charge is 0.244 e. The molecule has 0 aliphatic carbocycles. The van der Waals surface area contributed by atoms with E-state index in [0.29, 0.717) is 44.8 Å². The third kappa shape index (κ3) is 5.21. The van der Waals surface area contributed by atoms with E-state index in [9.17, 15) is 19.5 Å². The summed E-state index contributed by atoms with van der Waals surface area (Å²) in [6, 6.07) is 8.11. The zero-order valence-electron chi connectivity index (χ0n) is 23.2. The number of morpholine rings is 1. The number of carbonyl (C=O) groups excluding carboxylic acids is 3. The van der Waals surface area contributed by atoms with Crippen molar-refractivity contribution in [3.8, 4) is 0 Å². The van der Waals surface area contributed by atoms with Gasteiger partial charge in [0.2, 0.25) is 17.7 Å². The lowest BCUT2D eigenvalue weighted by molar-refractivity contribution is -0.142. The van der Waals surface area contributed by atoms with E-state index < -0.39 is 33.4 Å². The molecule has 4 aliphatic heterocycles. The molecule has 3 amide bonds. The molecule has 4 fully saturated rings. The first-order valence-electron chi connectivity index (χ1n) is 14.3. The van der Waals surface area contributed by atoms with Gasteiger partial charge in [0.25, 0.3) is 0 Å². The van der Waals surface area contributed by atoms with Crippen LogP contribution in [0, 0.1) is 17.8 Å². The Morgan fingerprint density at radius 1 is 1.15 bits per heavy atom. The van der Waals surface area contributed by atoms with E-state index in [1.165, 1.54) is 0 Å². The minimum absolute atomic E-state index is 0.172. The number of thioether (sulfide) groups is 1. The SMILES string of the molecule is CC(C)C[C@H](CO)N1C(=O)[C@@H]2[C@@H](C(=O)Nc3ccccc3)[C@@]3(C)CCC2(S3)C1C(=O)NCCN1CCOCC1. The summed E-state index contributed by atoms with van der Waals surface area (Å²) < 4.78 is 4.29. The molecular formula is C29H42N4O5S. The Hall–Kier alpha value is -2.14. The normalized spacial score (nSPS) is 32.9. The molecule has 1 aromatic carbocycles. The van der Waals surface area contributed by atoms with Crippen LogP contribution in [-0.4, -0.2) is 100 Å². The van der Waals surface area contributed by atoms with Crippen molar-refractivity contribution in [3.05, 3.63) is 30.3 Å². The summed E-state index contributed by atoms with van der Waals surface area (Å²) in [6.45, 7) is 10.2. The maximum absolute atomic E-state index is 14.3. The fourth-order valence-electron chi connectivity index (χ4n) is 7.28. The highest BCUT2D eigenvalue weighted by Crippen LogP contribution is 2.71. The number of anilines is 1. The molecule has 3 N–H and O–H groups in total. The number of aliphatic hydroxyl groups excluding tert-OH is 1. The molecule has 1 aromatic rings. The Balaban J connectivity index is 1.43. The van der Waals surface area contributed by atoms with Gasteiger partial charge in [-0.15, -0.1) is 11.8 Å². The van der Waals surface area contributed by atoms with E-state index in [1.807, 2.05) is 30.3 Å². The number of ether oxygens (including phenoxy) is 1. The highest BCUT2D eigenvalue weighted by molar-refractivity contribution is 8.02. The maximum atomic E-state index is 14.3. The molecule has 214 valence electrons. The number of rotatable bonds is 10. The molecule has 39 heavy (non-hydrogen) atoms. The molecule has 9 nitrogen and oxygen atoms in total. The zero-order valence-corrected chi connectivity index (χ0v) is 24.0. The average molecular weight is 559 g/mol. The lowest BCUT2D eigenvalue weighted by atomic mass is 9.66. The van der Waals surface area contributed by atoms with E-state index in [0.717, 1.165) is 19.5 Å². The van der Waals surface area contributed by atoms with Crippen LogP contribution in [0.15, 0.2) is 30.3 Å². The standard InChI is InChI=1S/C29H42N4O5S/c1-19(2)17-21(18-34)33-24(26(36)30-11-12-32-13-15-38-16-14-32)29-10-9-28(3,39-29)22(23(29)27(33)37)25(35)31-20-7-5-4-6-8-20/h4-8,19,21-24,34H,9-18H2,1-3H3,(H,30,36)(H,31,35)/t21-,22+,23+,24?,28-,29?/m1/s1. The molecule has 0 aromatic heterocycles. The molecule has 0 radical (unpaired) electrons.